The van der Waals surface area contributed by atoms with Crippen LogP contribution in [0.3, 0.4) is 0 Å². The number of fused-ring (bicyclic) bond motifs is 1. The van der Waals surface area contributed by atoms with Gasteiger partial charge in [-0.15, -0.1) is 11.8 Å². The lowest BCUT2D eigenvalue weighted by molar-refractivity contribution is -0.142. The Hall–Kier alpha value is -2.23. The van der Waals surface area contributed by atoms with Gasteiger partial charge in [0, 0.05) is 40.5 Å². The van der Waals surface area contributed by atoms with Gasteiger partial charge < -0.3 is 10.0 Å². The molecule has 1 atom stereocenters. The molecule has 2 aliphatic heterocycles. The standard InChI is InChI=1S/C19H16ClN3O2S/c20-17-5-4-15-13(3-2-12(10-21)23(15)17)14-11-22-9-6-16(14)26-19(18(24)25)7-1-8-19/h2-4,6,9,11,17H,1,5,7-8H2,(H,24,25). The summed E-state index contributed by atoms with van der Waals surface area (Å²) in [5, 5.41) is 19.0. The Balaban J connectivity index is 1.76. The van der Waals surface area contributed by atoms with Gasteiger partial charge in [-0.3, -0.25) is 9.78 Å². The number of aromatic nitrogens is 1. The quantitative estimate of drug-likeness (QED) is 0.620. The topological polar surface area (TPSA) is 77.2 Å². The average molecular weight is 386 g/mol. The molecule has 1 fully saturated rings. The first-order valence-electron chi connectivity index (χ1n) is 8.38. The number of hydrogen-bond donors (Lipinski definition) is 1. The zero-order valence-corrected chi connectivity index (χ0v) is 15.4. The molecule has 4 rings (SSSR count). The molecule has 0 amide bonds. The highest BCUT2D eigenvalue weighted by molar-refractivity contribution is 8.01. The molecule has 26 heavy (non-hydrogen) atoms. The molecule has 1 aromatic heterocycles. The second-order valence-corrected chi connectivity index (χ2v) is 8.43. The maximum atomic E-state index is 11.8. The summed E-state index contributed by atoms with van der Waals surface area (Å²) in [4.78, 5) is 18.7. The Morgan fingerprint density at radius 2 is 2.27 bits per heavy atom. The monoisotopic (exact) mass is 385 g/mol. The van der Waals surface area contributed by atoms with Crippen LogP contribution in [0.15, 0.2) is 53.0 Å². The summed E-state index contributed by atoms with van der Waals surface area (Å²) in [5.74, 6) is -0.761. The molecular weight excluding hydrogens is 370 g/mol. The van der Waals surface area contributed by atoms with Gasteiger partial charge in [-0.1, -0.05) is 17.7 Å². The fraction of sp³-hybridized carbons (Fsp3) is 0.316. The number of carboxylic acids is 1. The highest BCUT2D eigenvalue weighted by atomic mass is 35.5. The second kappa shape index (κ2) is 6.49. The van der Waals surface area contributed by atoms with E-state index in [-0.39, 0.29) is 5.50 Å². The van der Waals surface area contributed by atoms with Crippen LogP contribution < -0.4 is 0 Å². The minimum absolute atomic E-state index is 0.288. The number of rotatable bonds is 4. The van der Waals surface area contributed by atoms with Gasteiger partial charge in [0.25, 0.3) is 0 Å². The molecule has 0 bridgehead atoms. The number of aliphatic carboxylic acids is 1. The number of carboxylic acid groups (broad SMARTS) is 1. The molecule has 3 heterocycles. The maximum absolute atomic E-state index is 11.8. The Morgan fingerprint density at radius 3 is 2.92 bits per heavy atom. The Bertz CT molecular complexity index is 912. The fourth-order valence-electron chi connectivity index (χ4n) is 3.47. The normalized spacial score (nSPS) is 23.2. The minimum atomic E-state index is -0.761. The number of nitrogens with zero attached hydrogens (tertiary/aromatic N) is 3. The number of alkyl halides is 1. The summed E-state index contributed by atoms with van der Waals surface area (Å²) in [5.41, 5.74) is 2.90. The zero-order valence-electron chi connectivity index (χ0n) is 13.9. The largest absolute Gasteiger partial charge is 0.480 e. The molecule has 0 spiro atoms. The van der Waals surface area contributed by atoms with E-state index in [1.54, 1.807) is 18.5 Å². The van der Waals surface area contributed by atoms with Gasteiger partial charge >= 0.3 is 5.97 Å². The van der Waals surface area contributed by atoms with Crippen LogP contribution in [-0.2, 0) is 4.79 Å². The molecular formula is C19H16ClN3O2S. The molecule has 5 nitrogen and oxygen atoms in total. The van der Waals surface area contributed by atoms with Crippen LogP contribution in [0.4, 0.5) is 0 Å². The molecule has 0 aromatic carbocycles. The summed E-state index contributed by atoms with van der Waals surface area (Å²) in [6, 6.07) is 4.05. The van der Waals surface area contributed by atoms with Crippen molar-refractivity contribution < 1.29 is 9.90 Å². The molecule has 1 N–H and O–H groups in total. The third-order valence-electron chi connectivity index (χ3n) is 5.03. The van der Waals surface area contributed by atoms with Crippen LogP contribution in [0.2, 0.25) is 0 Å². The van der Waals surface area contributed by atoms with Gasteiger partial charge in [0.15, 0.2) is 0 Å². The number of thioether (sulfide) groups is 1. The van der Waals surface area contributed by atoms with Crippen molar-refractivity contribution in [3.8, 4) is 6.07 Å². The predicted molar refractivity (Wildman–Crippen MR) is 100 cm³/mol. The lowest BCUT2D eigenvalue weighted by atomic mass is 9.84. The average Bonchev–Trinajstić information content (AvgIpc) is 3.00. The molecule has 1 saturated carbocycles. The van der Waals surface area contributed by atoms with Crippen molar-refractivity contribution in [2.45, 2.75) is 40.8 Å². The smallest absolute Gasteiger partial charge is 0.320 e. The third-order valence-corrected chi connectivity index (χ3v) is 6.95. The van der Waals surface area contributed by atoms with Crippen molar-refractivity contribution in [3.05, 3.63) is 53.6 Å². The first-order chi connectivity index (χ1) is 12.6. The van der Waals surface area contributed by atoms with E-state index in [2.05, 4.69) is 11.1 Å². The summed E-state index contributed by atoms with van der Waals surface area (Å²) < 4.78 is -0.752. The molecule has 1 aliphatic carbocycles. The van der Waals surface area contributed by atoms with Gasteiger partial charge in [-0.2, -0.15) is 5.26 Å². The van der Waals surface area contributed by atoms with E-state index in [0.717, 1.165) is 28.1 Å². The first kappa shape index (κ1) is 17.2. The van der Waals surface area contributed by atoms with E-state index < -0.39 is 10.7 Å². The lowest BCUT2D eigenvalue weighted by Crippen LogP contribution is -2.41. The van der Waals surface area contributed by atoms with Crippen LogP contribution in [-0.4, -0.2) is 31.2 Å². The van der Waals surface area contributed by atoms with Crippen molar-refractivity contribution in [2.24, 2.45) is 0 Å². The van der Waals surface area contributed by atoms with E-state index in [1.165, 1.54) is 11.8 Å². The highest BCUT2D eigenvalue weighted by Crippen LogP contribution is 2.50. The molecule has 7 heteroatoms. The fourth-order valence-corrected chi connectivity index (χ4v) is 5.17. The van der Waals surface area contributed by atoms with Crippen LogP contribution in [0.1, 0.15) is 31.2 Å². The van der Waals surface area contributed by atoms with Crippen molar-refractivity contribution in [1.29, 1.82) is 5.26 Å². The summed E-state index contributed by atoms with van der Waals surface area (Å²) >= 11 is 7.79. The van der Waals surface area contributed by atoms with E-state index in [0.29, 0.717) is 25.0 Å². The Morgan fingerprint density at radius 1 is 1.46 bits per heavy atom. The Kier molecular flexibility index (Phi) is 4.29. The third kappa shape index (κ3) is 2.63. The number of halogens is 1. The van der Waals surface area contributed by atoms with Gasteiger partial charge in [0.2, 0.25) is 0 Å². The van der Waals surface area contributed by atoms with Gasteiger partial charge in [-0.25, -0.2) is 0 Å². The van der Waals surface area contributed by atoms with Crippen molar-refractivity contribution in [1.82, 2.24) is 9.88 Å². The van der Waals surface area contributed by atoms with Crippen LogP contribution in [0.5, 0.6) is 0 Å². The lowest BCUT2D eigenvalue weighted by Gasteiger charge is -2.37. The van der Waals surface area contributed by atoms with E-state index in [1.807, 2.05) is 23.1 Å². The predicted octanol–water partition coefficient (Wildman–Crippen LogP) is 4.14. The van der Waals surface area contributed by atoms with Gasteiger partial charge in [-0.05, 0) is 37.5 Å². The molecule has 1 aromatic rings. The van der Waals surface area contributed by atoms with Crippen LogP contribution >= 0.6 is 23.4 Å². The second-order valence-electron chi connectivity index (χ2n) is 6.50. The van der Waals surface area contributed by atoms with Crippen molar-refractivity contribution >= 4 is 34.9 Å². The molecule has 1 unspecified atom stereocenters. The van der Waals surface area contributed by atoms with Gasteiger partial charge in [0.1, 0.15) is 22.0 Å². The van der Waals surface area contributed by atoms with Crippen LogP contribution in [0.25, 0.3) is 5.57 Å². The van der Waals surface area contributed by atoms with Gasteiger partial charge in [0.05, 0.1) is 0 Å². The number of nitriles is 1. The number of carbonyl (C=O) groups is 1. The summed E-state index contributed by atoms with van der Waals surface area (Å²) in [6.45, 7) is 0. The zero-order chi connectivity index (χ0) is 18.3. The van der Waals surface area contributed by atoms with Crippen molar-refractivity contribution in [3.63, 3.8) is 0 Å². The maximum Gasteiger partial charge on any atom is 0.320 e. The first-order valence-corrected chi connectivity index (χ1v) is 9.64. The Labute approximate surface area is 160 Å². The van der Waals surface area contributed by atoms with Crippen LogP contribution in [0, 0.1) is 11.3 Å². The SMILES string of the molecule is N#CC1=CC=C(c2cnccc2SC2(C(=O)O)CCC2)C2=CCC(Cl)N12. The minimum Gasteiger partial charge on any atom is -0.480 e. The van der Waals surface area contributed by atoms with Crippen molar-refractivity contribution in [2.75, 3.05) is 0 Å². The number of hydrogen-bond acceptors (Lipinski definition) is 5. The molecule has 132 valence electrons. The number of pyridine rings is 1. The van der Waals surface area contributed by atoms with E-state index in [9.17, 15) is 15.2 Å². The molecule has 0 saturated heterocycles. The molecule has 3 aliphatic rings. The molecule has 0 radical (unpaired) electrons. The number of allylic oxidation sites excluding steroid dienone is 4. The summed E-state index contributed by atoms with van der Waals surface area (Å²) in [7, 11) is 0. The van der Waals surface area contributed by atoms with E-state index >= 15 is 0 Å². The highest BCUT2D eigenvalue weighted by Gasteiger charge is 2.46. The summed E-state index contributed by atoms with van der Waals surface area (Å²) in [6.07, 6.45) is 12.0. The van der Waals surface area contributed by atoms with E-state index in [4.69, 9.17) is 11.6 Å².